The molecule has 0 aromatic heterocycles. The minimum Gasteiger partial charge on any atom is -0.491 e. The number of ether oxygens (including phenoxy) is 1. The number of carbonyl (C=O) groups is 2. The number of hydrogen-bond donors (Lipinski definition) is 3. The summed E-state index contributed by atoms with van der Waals surface area (Å²) in [7, 11) is 0. The zero-order valence-corrected chi connectivity index (χ0v) is 16.7. The Morgan fingerprint density at radius 3 is 2.46 bits per heavy atom. The van der Waals surface area contributed by atoms with Crippen molar-refractivity contribution in [2.45, 2.75) is 39.8 Å². The van der Waals surface area contributed by atoms with Gasteiger partial charge in [-0.1, -0.05) is 25.1 Å². The van der Waals surface area contributed by atoms with E-state index in [1.807, 2.05) is 51.1 Å². The molecular weight excluding hydrogens is 354 g/mol. The molecule has 0 saturated heterocycles. The van der Waals surface area contributed by atoms with Crippen LogP contribution in [-0.4, -0.2) is 31.0 Å². The van der Waals surface area contributed by atoms with E-state index in [9.17, 15) is 9.59 Å². The third-order valence-electron chi connectivity index (χ3n) is 3.90. The van der Waals surface area contributed by atoms with Crippen LogP contribution in [-0.2, 0) is 11.3 Å². The molecule has 2 aromatic rings. The molecule has 0 radical (unpaired) electrons. The lowest BCUT2D eigenvalue weighted by Crippen LogP contribution is -2.29. The Bertz CT molecular complexity index is 773. The normalized spacial score (nSPS) is 10.4. The molecule has 0 bridgehead atoms. The number of nitrogens with one attached hydrogen (secondary N) is 3. The average Bonchev–Trinajstić information content (AvgIpc) is 2.69. The summed E-state index contributed by atoms with van der Waals surface area (Å²) in [5, 5.41) is 8.76. The van der Waals surface area contributed by atoms with Gasteiger partial charge in [-0.15, -0.1) is 0 Å². The zero-order chi connectivity index (χ0) is 20.4. The molecule has 2 rings (SSSR count). The van der Waals surface area contributed by atoms with Crippen molar-refractivity contribution in [3.05, 3.63) is 59.7 Å². The third-order valence-corrected chi connectivity index (χ3v) is 3.90. The topological polar surface area (TPSA) is 79.5 Å². The third kappa shape index (κ3) is 7.31. The Morgan fingerprint density at radius 2 is 1.79 bits per heavy atom. The molecule has 2 aromatic carbocycles. The molecule has 0 aliphatic rings. The van der Waals surface area contributed by atoms with E-state index >= 15 is 0 Å². The minimum atomic E-state index is -0.122. The van der Waals surface area contributed by atoms with Gasteiger partial charge in [0.25, 0.3) is 5.91 Å². The zero-order valence-electron chi connectivity index (χ0n) is 16.7. The summed E-state index contributed by atoms with van der Waals surface area (Å²) in [5.41, 5.74) is 2.30. The van der Waals surface area contributed by atoms with Crippen LogP contribution in [0, 0.1) is 0 Å². The SMILES string of the molecule is CCCNC(=O)c1cccc(NCC(=O)NCc2ccc(OC(C)C)cc2)c1. The molecule has 2 amide bonds. The second-order valence-corrected chi connectivity index (χ2v) is 6.78. The van der Waals surface area contributed by atoms with Gasteiger partial charge in [-0.3, -0.25) is 9.59 Å². The van der Waals surface area contributed by atoms with Crippen molar-refractivity contribution in [2.24, 2.45) is 0 Å². The molecule has 0 aliphatic carbocycles. The van der Waals surface area contributed by atoms with Crippen molar-refractivity contribution in [3.8, 4) is 5.75 Å². The Hall–Kier alpha value is -3.02. The molecule has 6 nitrogen and oxygen atoms in total. The summed E-state index contributed by atoms with van der Waals surface area (Å²) < 4.78 is 5.60. The maximum atomic E-state index is 12.1. The lowest BCUT2D eigenvalue weighted by molar-refractivity contribution is -0.119. The Labute approximate surface area is 166 Å². The van der Waals surface area contributed by atoms with Gasteiger partial charge >= 0.3 is 0 Å². The molecule has 0 unspecified atom stereocenters. The highest BCUT2D eigenvalue weighted by Crippen LogP contribution is 2.14. The van der Waals surface area contributed by atoms with Crippen molar-refractivity contribution < 1.29 is 14.3 Å². The summed E-state index contributed by atoms with van der Waals surface area (Å²) in [5.74, 6) is 0.581. The first-order chi connectivity index (χ1) is 13.5. The van der Waals surface area contributed by atoms with E-state index in [1.165, 1.54) is 0 Å². The van der Waals surface area contributed by atoms with Crippen molar-refractivity contribution in [3.63, 3.8) is 0 Å². The Morgan fingerprint density at radius 1 is 1.04 bits per heavy atom. The second-order valence-electron chi connectivity index (χ2n) is 6.78. The molecule has 150 valence electrons. The fraction of sp³-hybridized carbons (Fsp3) is 0.364. The molecule has 0 fully saturated rings. The molecule has 0 atom stereocenters. The van der Waals surface area contributed by atoms with Crippen LogP contribution in [0.5, 0.6) is 5.75 Å². The first-order valence-corrected chi connectivity index (χ1v) is 9.62. The largest absolute Gasteiger partial charge is 0.491 e. The summed E-state index contributed by atoms with van der Waals surface area (Å²) in [4.78, 5) is 24.1. The van der Waals surface area contributed by atoms with Crippen LogP contribution in [0.3, 0.4) is 0 Å². The number of anilines is 1. The lowest BCUT2D eigenvalue weighted by Gasteiger charge is -2.11. The van der Waals surface area contributed by atoms with Gasteiger partial charge < -0.3 is 20.7 Å². The smallest absolute Gasteiger partial charge is 0.251 e. The Balaban J connectivity index is 1.78. The predicted molar refractivity (Wildman–Crippen MR) is 112 cm³/mol. The second kappa shape index (κ2) is 11.0. The number of hydrogen-bond acceptors (Lipinski definition) is 4. The van der Waals surface area contributed by atoms with Crippen LogP contribution in [0.15, 0.2) is 48.5 Å². The first-order valence-electron chi connectivity index (χ1n) is 9.62. The van der Waals surface area contributed by atoms with E-state index < -0.39 is 0 Å². The van der Waals surface area contributed by atoms with Crippen LogP contribution >= 0.6 is 0 Å². The fourth-order valence-corrected chi connectivity index (χ4v) is 2.51. The van der Waals surface area contributed by atoms with Crippen LogP contribution in [0.1, 0.15) is 43.1 Å². The van der Waals surface area contributed by atoms with Gasteiger partial charge in [0.2, 0.25) is 5.91 Å². The van der Waals surface area contributed by atoms with Gasteiger partial charge in [0, 0.05) is 24.3 Å². The van der Waals surface area contributed by atoms with Gasteiger partial charge in [-0.2, -0.15) is 0 Å². The highest BCUT2D eigenvalue weighted by Gasteiger charge is 2.07. The molecule has 0 heterocycles. The van der Waals surface area contributed by atoms with Crippen LogP contribution in [0.2, 0.25) is 0 Å². The van der Waals surface area contributed by atoms with Gasteiger partial charge in [-0.05, 0) is 56.2 Å². The van der Waals surface area contributed by atoms with E-state index in [0.717, 1.165) is 23.4 Å². The van der Waals surface area contributed by atoms with Crippen molar-refractivity contribution >= 4 is 17.5 Å². The molecule has 3 N–H and O–H groups in total. The van der Waals surface area contributed by atoms with Gasteiger partial charge in [0.05, 0.1) is 12.6 Å². The summed E-state index contributed by atoms with van der Waals surface area (Å²) in [6.45, 7) is 7.19. The standard InChI is InChI=1S/C22H29N3O3/c1-4-12-23-22(27)18-6-5-7-19(13-18)24-15-21(26)25-14-17-8-10-20(11-9-17)28-16(2)3/h5-11,13,16,24H,4,12,14-15H2,1-3H3,(H,23,27)(H,25,26). The van der Waals surface area contributed by atoms with Crippen LogP contribution < -0.4 is 20.7 Å². The van der Waals surface area contributed by atoms with E-state index in [-0.39, 0.29) is 24.5 Å². The highest BCUT2D eigenvalue weighted by atomic mass is 16.5. The number of amides is 2. The number of rotatable bonds is 10. The summed E-state index contributed by atoms with van der Waals surface area (Å²) in [6, 6.07) is 14.8. The average molecular weight is 383 g/mol. The van der Waals surface area contributed by atoms with Crippen LogP contribution in [0.25, 0.3) is 0 Å². The van der Waals surface area contributed by atoms with E-state index in [1.54, 1.807) is 18.2 Å². The molecule has 6 heteroatoms. The predicted octanol–water partition coefficient (Wildman–Crippen LogP) is 3.34. The number of benzene rings is 2. The molecule has 0 aliphatic heterocycles. The Kier molecular flexibility index (Phi) is 8.34. The maximum absolute atomic E-state index is 12.1. The van der Waals surface area contributed by atoms with Crippen LogP contribution in [0.4, 0.5) is 5.69 Å². The van der Waals surface area contributed by atoms with Gasteiger partial charge in [0.1, 0.15) is 5.75 Å². The number of carbonyl (C=O) groups excluding carboxylic acids is 2. The maximum Gasteiger partial charge on any atom is 0.251 e. The van der Waals surface area contributed by atoms with Gasteiger partial charge in [0.15, 0.2) is 0 Å². The lowest BCUT2D eigenvalue weighted by atomic mass is 10.2. The van der Waals surface area contributed by atoms with E-state index in [0.29, 0.717) is 18.7 Å². The molecule has 0 saturated carbocycles. The van der Waals surface area contributed by atoms with Gasteiger partial charge in [-0.25, -0.2) is 0 Å². The van der Waals surface area contributed by atoms with Crippen molar-refractivity contribution in [2.75, 3.05) is 18.4 Å². The van der Waals surface area contributed by atoms with E-state index in [2.05, 4.69) is 16.0 Å². The molecule has 0 spiro atoms. The first kappa shape index (κ1) is 21.3. The monoisotopic (exact) mass is 383 g/mol. The minimum absolute atomic E-state index is 0.111. The van der Waals surface area contributed by atoms with E-state index in [4.69, 9.17) is 4.74 Å². The quantitative estimate of drug-likeness (QED) is 0.588. The van der Waals surface area contributed by atoms with Crippen molar-refractivity contribution in [1.82, 2.24) is 10.6 Å². The highest BCUT2D eigenvalue weighted by molar-refractivity contribution is 5.95. The summed E-state index contributed by atoms with van der Waals surface area (Å²) in [6.07, 6.45) is 1.02. The molecule has 28 heavy (non-hydrogen) atoms. The molecular formula is C22H29N3O3. The summed E-state index contributed by atoms with van der Waals surface area (Å²) >= 11 is 0. The fourth-order valence-electron chi connectivity index (χ4n) is 2.51. The van der Waals surface area contributed by atoms with Crippen molar-refractivity contribution in [1.29, 1.82) is 0 Å².